The third-order valence-corrected chi connectivity index (χ3v) is 3.09. The molecule has 114 valence electrons. The summed E-state index contributed by atoms with van der Waals surface area (Å²) in [7, 11) is 0. The van der Waals surface area contributed by atoms with Crippen molar-refractivity contribution in [3.63, 3.8) is 0 Å². The Hall–Kier alpha value is -1.81. The molecule has 3 nitrogen and oxygen atoms in total. The van der Waals surface area contributed by atoms with Crippen molar-refractivity contribution in [3.05, 3.63) is 53.2 Å². The second-order valence-corrected chi connectivity index (χ2v) is 5.59. The predicted octanol–water partition coefficient (Wildman–Crippen LogP) is 4.05. The molecule has 0 bridgehead atoms. The summed E-state index contributed by atoms with van der Waals surface area (Å²) >= 11 is 0. The zero-order valence-corrected chi connectivity index (χ0v) is 12.8. The monoisotopic (exact) mass is 291 g/mol. The van der Waals surface area contributed by atoms with Crippen molar-refractivity contribution in [1.82, 2.24) is 5.32 Å². The minimum atomic E-state index is -0.304. The molecule has 0 unspecified atom stereocenters. The van der Waals surface area contributed by atoms with Gasteiger partial charge in [0.15, 0.2) is 0 Å². The number of rotatable bonds is 7. The van der Waals surface area contributed by atoms with Gasteiger partial charge in [-0.05, 0) is 43.1 Å². The summed E-state index contributed by atoms with van der Waals surface area (Å²) in [6.45, 7) is 8.32. The van der Waals surface area contributed by atoms with Crippen LogP contribution >= 0.6 is 0 Å². The highest BCUT2D eigenvalue weighted by molar-refractivity contribution is 5.24. The number of aryl methyl sites for hydroxylation is 1. The Morgan fingerprint density at radius 3 is 2.81 bits per heavy atom. The first-order chi connectivity index (χ1) is 10.0. The van der Waals surface area contributed by atoms with Crippen molar-refractivity contribution in [1.29, 1.82) is 0 Å². The predicted molar refractivity (Wildman–Crippen MR) is 80.7 cm³/mol. The van der Waals surface area contributed by atoms with Crippen LogP contribution in [-0.2, 0) is 13.2 Å². The third kappa shape index (κ3) is 4.90. The van der Waals surface area contributed by atoms with Crippen molar-refractivity contribution in [2.75, 3.05) is 6.54 Å². The Kier molecular flexibility index (Phi) is 5.39. The summed E-state index contributed by atoms with van der Waals surface area (Å²) in [5, 5.41) is 3.35. The quantitative estimate of drug-likeness (QED) is 0.835. The van der Waals surface area contributed by atoms with Gasteiger partial charge in [-0.25, -0.2) is 4.39 Å². The fourth-order valence-corrected chi connectivity index (χ4v) is 2.02. The van der Waals surface area contributed by atoms with E-state index in [9.17, 15) is 4.39 Å². The Balaban J connectivity index is 1.89. The number of nitrogens with one attached hydrogen (secondary N) is 1. The highest BCUT2D eigenvalue weighted by Gasteiger charge is 2.08. The van der Waals surface area contributed by atoms with E-state index < -0.39 is 0 Å². The van der Waals surface area contributed by atoms with Crippen LogP contribution in [0.2, 0.25) is 0 Å². The van der Waals surface area contributed by atoms with Crippen LogP contribution in [0.4, 0.5) is 4.39 Å². The molecular weight excluding hydrogens is 269 g/mol. The number of furan rings is 1. The zero-order chi connectivity index (χ0) is 15.2. The van der Waals surface area contributed by atoms with Crippen LogP contribution in [-0.4, -0.2) is 6.54 Å². The lowest BCUT2D eigenvalue weighted by molar-refractivity contribution is 0.263. The molecule has 2 rings (SSSR count). The second-order valence-electron chi connectivity index (χ2n) is 5.59. The molecule has 21 heavy (non-hydrogen) atoms. The molecule has 0 aliphatic heterocycles. The average molecular weight is 291 g/mol. The Morgan fingerprint density at radius 1 is 1.29 bits per heavy atom. The smallest absolute Gasteiger partial charge is 0.146 e. The Bertz CT molecular complexity index is 578. The number of halogens is 1. The van der Waals surface area contributed by atoms with Crippen molar-refractivity contribution < 1.29 is 13.5 Å². The van der Waals surface area contributed by atoms with Crippen LogP contribution in [0.25, 0.3) is 0 Å². The minimum absolute atomic E-state index is 0.300. The van der Waals surface area contributed by atoms with Crippen molar-refractivity contribution >= 4 is 0 Å². The van der Waals surface area contributed by atoms with Gasteiger partial charge in [0.05, 0.1) is 6.54 Å². The van der Waals surface area contributed by atoms with Crippen molar-refractivity contribution in [2.24, 2.45) is 5.92 Å². The average Bonchev–Trinajstić information content (AvgIpc) is 2.77. The van der Waals surface area contributed by atoms with Gasteiger partial charge in [0.2, 0.25) is 0 Å². The fourth-order valence-electron chi connectivity index (χ4n) is 2.02. The summed E-state index contributed by atoms with van der Waals surface area (Å²) in [6, 6.07) is 8.07. The van der Waals surface area contributed by atoms with E-state index in [0.717, 1.165) is 23.6 Å². The molecule has 2 aromatic rings. The van der Waals surface area contributed by atoms with Gasteiger partial charge in [-0.3, -0.25) is 0 Å². The molecule has 0 radical (unpaired) electrons. The summed E-state index contributed by atoms with van der Waals surface area (Å²) in [5.41, 5.74) is 1.10. The Labute approximate surface area is 125 Å². The molecule has 0 amide bonds. The number of hydrogen-bond acceptors (Lipinski definition) is 3. The first-order valence-corrected chi connectivity index (χ1v) is 7.22. The molecule has 0 saturated heterocycles. The van der Waals surface area contributed by atoms with E-state index in [1.807, 2.05) is 13.0 Å². The highest BCUT2D eigenvalue weighted by Crippen LogP contribution is 2.18. The maximum absolute atomic E-state index is 13.1. The van der Waals surface area contributed by atoms with E-state index in [1.165, 1.54) is 12.1 Å². The Morgan fingerprint density at radius 2 is 2.10 bits per heavy atom. The summed E-state index contributed by atoms with van der Waals surface area (Å²) in [5.74, 6) is 2.48. The zero-order valence-electron chi connectivity index (χ0n) is 12.8. The van der Waals surface area contributed by atoms with Crippen LogP contribution < -0.4 is 10.1 Å². The summed E-state index contributed by atoms with van der Waals surface area (Å²) in [4.78, 5) is 0. The fraction of sp³-hybridized carbons (Fsp3) is 0.412. The van der Waals surface area contributed by atoms with Crippen LogP contribution in [0.1, 0.15) is 30.9 Å². The van der Waals surface area contributed by atoms with Gasteiger partial charge < -0.3 is 14.5 Å². The lowest BCUT2D eigenvalue weighted by Gasteiger charge is -2.06. The molecule has 0 fully saturated rings. The highest BCUT2D eigenvalue weighted by atomic mass is 19.1. The largest absolute Gasteiger partial charge is 0.486 e. The standard InChI is InChI=1S/C17H22FNO2/c1-12(2)9-19-10-17-13(3)7-16(21-17)11-20-15-6-4-5-14(18)8-15/h4-8,12,19H,9-11H2,1-3H3. The van der Waals surface area contributed by atoms with E-state index in [4.69, 9.17) is 9.15 Å². The topological polar surface area (TPSA) is 34.4 Å². The van der Waals surface area contributed by atoms with Crippen molar-refractivity contribution in [3.8, 4) is 5.75 Å². The number of hydrogen-bond donors (Lipinski definition) is 1. The first kappa shape index (κ1) is 15.6. The normalized spacial score (nSPS) is 11.1. The third-order valence-electron chi connectivity index (χ3n) is 3.09. The van der Waals surface area contributed by atoms with Gasteiger partial charge >= 0.3 is 0 Å². The van der Waals surface area contributed by atoms with Gasteiger partial charge in [-0.1, -0.05) is 19.9 Å². The van der Waals surface area contributed by atoms with Gasteiger partial charge in [0.1, 0.15) is 29.7 Å². The molecule has 0 spiro atoms. The van der Waals surface area contributed by atoms with Gasteiger partial charge in [-0.2, -0.15) is 0 Å². The van der Waals surface area contributed by atoms with Crippen LogP contribution in [0.5, 0.6) is 5.75 Å². The van der Waals surface area contributed by atoms with Gasteiger partial charge in [0, 0.05) is 6.07 Å². The minimum Gasteiger partial charge on any atom is -0.486 e. The molecule has 1 aromatic heterocycles. The van der Waals surface area contributed by atoms with E-state index in [1.54, 1.807) is 12.1 Å². The summed E-state index contributed by atoms with van der Waals surface area (Å²) in [6.07, 6.45) is 0. The maximum atomic E-state index is 13.1. The van der Waals surface area contributed by atoms with Crippen molar-refractivity contribution in [2.45, 2.75) is 33.9 Å². The molecule has 0 aliphatic carbocycles. The van der Waals surface area contributed by atoms with Crippen LogP contribution in [0, 0.1) is 18.7 Å². The van der Waals surface area contributed by atoms with Gasteiger partial charge in [-0.15, -0.1) is 0 Å². The molecule has 4 heteroatoms. The lowest BCUT2D eigenvalue weighted by atomic mass is 10.2. The first-order valence-electron chi connectivity index (χ1n) is 7.22. The molecule has 0 atom stereocenters. The second kappa shape index (κ2) is 7.27. The molecule has 0 saturated carbocycles. The van der Waals surface area contributed by atoms with E-state index in [-0.39, 0.29) is 5.82 Å². The molecular formula is C17H22FNO2. The molecule has 1 N–H and O–H groups in total. The van der Waals surface area contributed by atoms with Gasteiger partial charge in [0.25, 0.3) is 0 Å². The molecule has 1 aromatic carbocycles. The lowest BCUT2D eigenvalue weighted by Crippen LogP contribution is -2.18. The van der Waals surface area contributed by atoms with E-state index in [2.05, 4.69) is 19.2 Å². The maximum Gasteiger partial charge on any atom is 0.146 e. The summed E-state index contributed by atoms with van der Waals surface area (Å²) < 4.78 is 24.4. The van der Waals surface area contributed by atoms with Crippen LogP contribution in [0.3, 0.4) is 0 Å². The number of benzene rings is 1. The SMILES string of the molecule is Cc1cc(COc2cccc(F)c2)oc1CNCC(C)C. The molecule has 0 aliphatic rings. The molecule has 1 heterocycles. The number of ether oxygens (including phenoxy) is 1. The van der Waals surface area contributed by atoms with E-state index in [0.29, 0.717) is 24.8 Å². The van der Waals surface area contributed by atoms with E-state index >= 15 is 0 Å². The van der Waals surface area contributed by atoms with Crippen LogP contribution in [0.15, 0.2) is 34.7 Å².